The van der Waals surface area contributed by atoms with Gasteiger partial charge < -0.3 is 19.2 Å². The standard InChI is InChI=1S/C21H25ClN4O3/c1-24-10-12-25(13-11-24)21(28)18-8-4-5-9-26(18)20(27)17-14-19(29-23-17)15-6-2-3-7-16(15)22/h2-3,6-7,14,18H,4-5,8-13H2,1H3. The van der Waals surface area contributed by atoms with Crippen LogP contribution in [0.4, 0.5) is 0 Å². The molecule has 4 rings (SSSR count). The highest BCUT2D eigenvalue weighted by Crippen LogP contribution is 2.29. The number of piperazine rings is 1. The maximum Gasteiger partial charge on any atom is 0.276 e. The van der Waals surface area contributed by atoms with Crippen molar-refractivity contribution in [2.75, 3.05) is 39.8 Å². The van der Waals surface area contributed by atoms with Gasteiger partial charge in [0, 0.05) is 44.4 Å². The van der Waals surface area contributed by atoms with Crippen LogP contribution in [0.15, 0.2) is 34.9 Å². The smallest absolute Gasteiger partial charge is 0.276 e. The Morgan fingerprint density at radius 2 is 1.86 bits per heavy atom. The molecule has 7 nitrogen and oxygen atoms in total. The summed E-state index contributed by atoms with van der Waals surface area (Å²) in [5.74, 6) is 0.220. The first-order valence-corrected chi connectivity index (χ1v) is 10.4. The summed E-state index contributed by atoms with van der Waals surface area (Å²) >= 11 is 6.22. The molecule has 154 valence electrons. The van der Waals surface area contributed by atoms with Crippen molar-refractivity contribution in [3.8, 4) is 11.3 Å². The van der Waals surface area contributed by atoms with Crippen LogP contribution >= 0.6 is 11.6 Å². The van der Waals surface area contributed by atoms with E-state index in [0.29, 0.717) is 42.4 Å². The molecule has 0 radical (unpaired) electrons. The Morgan fingerprint density at radius 3 is 2.62 bits per heavy atom. The first-order chi connectivity index (χ1) is 14.0. The van der Waals surface area contributed by atoms with E-state index in [1.54, 1.807) is 17.0 Å². The molecular weight excluding hydrogens is 392 g/mol. The second kappa shape index (κ2) is 8.55. The number of halogens is 1. The van der Waals surface area contributed by atoms with Gasteiger partial charge in [0.05, 0.1) is 5.02 Å². The van der Waals surface area contributed by atoms with Crippen LogP contribution < -0.4 is 0 Å². The van der Waals surface area contributed by atoms with Gasteiger partial charge in [-0.25, -0.2) is 0 Å². The second-order valence-electron chi connectivity index (χ2n) is 7.69. The summed E-state index contributed by atoms with van der Waals surface area (Å²) in [6.45, 7) is 3.67. The summed E-state index contributed by atoms with van der Waals surface area (Å²) < 4.78 is 5.38. The molecule has 0 bridgehead atoms. The normalized spacial score (nSPS) is 20.7. The largest absolute Gasteiger partial charge is 0.355 e. The van der Waals surface area contributed by atoms with Gasteiger partial charge in [-0.15, -0.1) is 0 Å². The van der Waals surface area contributed by atoms with Crippen molar-refractivity contribution in [2.24, 2.45) is 0 Å². The monoisotopic (exact) mass is 416 g/mol. The Hall–Kier alpha value is -2.38. The number of hydrogen-bond donors (Lipinski definition) is 0. The van der Waals surface area contributed by atoms with E-state index < -0.39 is 6.04 Å². The number of carbonyl (C=O) groups is 2. The molecule has 29 heavy (non-hydrogen) atoms. The van der Waals surface area contributed by atoms with E-state index in [9.17, 15) is 9.59 Å². The Bertz CT molecular complexity index is 892. The number of aromatic nitrogens is 1. The molecular formula is C21H25ClN4O3. The number of rotatable bonds is 3. The van der Waals surface area contributed by atoms with E-state index in [0.717, 1.165) is 25.9 Å². The number of likely N-dealkylation sites (N-methyl/N-ethyl adjacent to an activating group) is 1. The van der Waals surface area contributed by atoms with E-state index in [-0.39, 0.29) is 17.5 Å². The Morgan fingerprint density at radius 1 is 1.10 bits per heavy atom. The first kappa shape index (κ1) is 19.9. The second-order valence-corrected chi connectivity index (χ2v) is 8.10. The predicted octanol–water partition coefficient (Wildman–Crippen LogP) is 2.76. The van der Waals surface area contributed by atoms with Crippen LogP contribution in [0.3, 0.4) is 0 Å². The van der Waals surface area contributed by atoms with Gasteiger partial charge in [0.2, 0.25) is 5.91 Å². The summed E-state index contributed by atoms with van der Waals surface area (Å²) in [6, 6.07) is 8.43. The maximum absolute atomic E-state index is 13.2. The molecule has 1 aromatic carbocycles. The third kappa shape index (κ3) is 4.16. The van der Waals surface area contributed by atoms with Gasteiger partial charge in [-0.1, -0.05) is 28.9 Å². The number of carbonyl (C=O) groups excluding carboxylic acids is 2. The SMILES string of the molecule is CN1CCN(C(=O)C2CCCCN2C(=O)c2cc(-c3ccccc3Cl)on2)CC1. The molecule has 2 saturated heterocycles. The average molecular weight is 417 g/mol. The van der Waals surface area contributed by atoms with E-state index in [4.69, 9.17) is 16.1 Å². The Kier molecular flexibility index (Phi) is 5.87. The molecule has 2 aliphatic heterocycles. The van der Waals surface area contributed by atoms with Gasteiger partial charge in [-0.05, 0) is 38.4 Å². The molecule has 0 aliphatic carbocycles. The number of hydrogen-bond acceptors (Lipinski definition) is 5. The lowest BCUT2D eigenvalue weighted by atomic mass is 9.99. The van der Waals surface area contributed by atoms with Crippen LogP contribution in [0.1, 0.15) is 29.8 Å². The van der Waals surface area contributed by atoms with Crippen LogP contribution in [-0.2, 0) is 4.79 Å². The third-order valence-corrected chi connectivity index (χ3v) is 6.06. The maximum atomic E-state index is 13.2. The number of benzene rings is 1. The minimum Gasteiger partial charge on any atom is -0.355 e. The molecule has 2 aliphatic rings. The average Bonchev–Trinajstić information content (AvgIpc) is 3.23. The molecule has 3 heterocycles. The minimum absolute atomic E-state index is 0.0426. The Labute approximate surface area is 175 Å². The van der Waals surface area contributed by atoms with E-state index in [1.165, 1.54) is 0 Å². The highest BCUT2D eigenvalue weighted by Gasteiger charge is 2.36. The third-order valence-electron chi connectivity index (χ3n) is 5.73. The predicted molar refractivity (Wildman–Crippen MR) is 110 cm³/mol. The highest BCUT2D eigenvalue weighted by molar-refractivity contribution is 6.33. The van der Waals surface area contributed by atoms with Gasteiger partial charge in [0.15, 0.2) is 11.5 Å². The van der Waals surface area contributed by atoms with Crippen LogP contribution in [0.25, 0.3) is 11.3 Å². The van der Waals surface area contributed by atoms with Gasteiger partial charge >= 0.3 is 0 Å². The fourth-order valence-electron chi connectivity index (χ4n) is 3.98. The molecule has 1 atom stereocenters. The van der Waals surface area contributed by atoms with Crippen LogP contribution in [0.2, 0.25) is 5.02 Å². The molecule has 2 amide bonds. The van der Waals surface area contributed by atoms with E-state index >= 15 is 0 Å². The van der Waals surface area contributed by atoms with Crippen LogP contribution in [-0.4, -0.2) is 77.5 Å². The number of piperidine rings is 1. The molecule has 2 aromatic rings. The zero-order chi connectivity index (χ0) is 20.4. The quantitative estimate of drug-likeness (QED) is 0.769. The summed E-state index contributed by atoms with van der Waals surface area (Å²) in [4.78, 5) is 32.1. The molecule has 1 unspecified atom stereocenters. The number of nitrogens with zero attached hydrogens (tertiary/aromatic N) is 4. The van der Waals surface area contributed by atoms with Gasteiger partial charge in [-0.2, -0.15) is 0 Å². The van der Waals surface area contributed by atoms with Gasteiger partial charge in [0.25, 0.3) is 5.91 Å². The highest BCUT2D eigenvalue weighted by atomic mass is 35.5. The summed E-state index contributed by atoms with van der Waals surface area (Å²) in [5.41, 5.74) is 0.891. The van der Waals surface area contributed by atoms with Crippen LogP contribution in [0.5, 0.6) is 0 Å². The fraction of sp³-hybridized carbons (Fsp3) is 0.476. The van der Waals surface area contributed by atoms with Crippen molar-refractivity contribution in [1.82, 2.24) is 19.9 Å². The topological polar surface area (TPSA) is 69.9 Å². The molecule has 0 spiro atoms. The van der Waals surface area contributed by atoms with Gasteiger partial charge in [-0.3, -0.25) is 9.59 Å². The van der Waals surface area contributed by atoms with Crippen molar-refractivity contribution >= 4 is 23.4 Å². The zero-order valence-electron chi connectivity index (χ0n) is 16.5. The van der Waals surface area contributed by atoms with E-state index in [1.807, 2.05) is 23.1 Å². The lowest BCUT2D eigenvalue weighted by molar-refractivity contribution is -0.138. The van der Waals surface area contributed by atoms with Crippen molar-refractivity contribution in [2.45, 2.75) is 25.3 Å². The molecule has 0 saturated carbocycles. The van der Waals surface area contributed by atoms with Crippen molar-refractivity contribution < 1.29 is 14.1 Å². The zero-order valence-corrected chi connectivity index (χ0v) is 17.3. The van der Waals surface area contributed by atoms with Crippen molar-refractivity contribution in [1.29, 1.82) is 0 Å². The van der Waals surface area contributed by atoms with E-state index in [2.05, 4.69) is 17.1 Å². The fourth-order valence-corrected chi connectivity index (χ4v) is 4.21. The molecule has 8 heteroatoms. The van der Waals surface area contributed by atoms with Crippen molar-refractivity contribution in [3.63, 3.8) is 0 Å². The molecule has 0 N–H and O–H groups in total. The molecule has 1 aromatic heterocycles. The molecule has 2 fully saturated rings. The summed E-state index contributed by atoms with van der Waals surface area (Å²) in [7, 11) is 2.05. The minimum atomic E-state index is -0.430. The summed E-state index contributed by atoms with van der Waals surface area (Å²) in [6.07, 6.45) is 2.51. The number of likely N-dealkylation sites (tertiary alicyclic amines) is 1. The summed E-state index contributed by atoms with van der Waals surface area (Å²) in [5, 5.41) is 4.50. The Balaban J connectivity index is 1.52. The lowest BCUT2D eigenvalue weighted by Crippen LogP contribution is -2.56. The van der Waals surface area contributed by atoms with Crippen LogP contribution in [0, 0.1) is 0 Å². The number of amides is 2. The van der Waals surface area contributed by atoms with Crippen molar-refractivity contribution in [3.05, 3.63) is 41.0 Å². The first-order valence-electron chi connectivity index (χ1n) is 10.0. The lowest BCUT2D eigenvalue weighted by Gasteiger charge is -2.39. The van der Waals surface area contributed by atoms with Gasteiger partial charge in [0.1, 0.15) is 6.04 Å².